The Morgan fingerprint density at radius 2 is 1.73 bits per heavy atom. The van der Waals surface area contributed by atoms with Crippen LogP contribution in [0.2, 0.25) is 0 Å². The fourth-order valence-corrected chi connectivity index (χ4v) is 7.96. The molecule has 0 radical (unpaired) electrons. The number of phenolic OH excluding ortho intramolecular Hbond substituents is 1. The number of benzene rings is 1. The van der Waals surface area contributed by atoms with Gasteiger partial charge in [0.15, 0.2) is 5.78 Å². The van der Waals surface area contributed by atoms with Gasteiger partial charge in [-0.25, -0.2) is 9.59 Å². The van der Waals surface area contributed by atoms with Crippen molar-refractivity contribution >= 4 is 17.7 Å². The minimum Gasteiger partial charge on any atom is -0.508 e. The van der Waals surface area contributed by atoms with Gasteiger partial charge in [-0.1, -0.05) is 19.4 Å². The molecule has 4 aliphatic carbocycles. The van der Waals surface area contributed by atoms with Gasteiger partial charge in [-0.05, 0) is 84.8 Å². The first-order valence-corrected chi connectivity index (χ1v) is 12.0. The quantitative estimate of drug-likeness (QED) is 0.664. The smallest absolute Gasteiger partial charge is 0.339 e. The van der Waals surface area contributed by atoms with E-state index in [0.29, 0.717) is 24.7 Å². The molecular formula is C27H32O6. The Morgan fingerprint density at radius 3 is 2.42 bits per heavy atom. The lowest BCUT2D eigenvalue weighted by Crippen LogP contribution is -2.51. The molecule has 2 saturated carbocycles. The number of fused-ring (bicyclic) bond motifs is 7. The summed E-state index contributed by atoms with van der Waals surface area (Å²) in [5, 5.41) is 11.1. The minimum atomic E-state index is -0.654. The van der Waals surface area contributed by atoms with Gasteiger partial charge in [-0.3, -0.25) is 4.79 Å². The van der Waals surface area contributed by atoms with Crippen molar-refractivity contribution in [3.63, 3.8) is 0 Å². The lowest BCUT2D eigenvalue weighted by Gasteiger charge is -2.57. The van der Waals surface area contributed by atoms with Crippen LogP contribution >= 0.6 is 0 Å². The van der Waals surface area contributed by atoms with E-state index in [-0.39, 0.29) is 39.4 Å². The second-order valence-corrected chi connectivity index (χ2v) is 10.8. The largest absolute Gasteiger partial charge is 0.508 e. The maximum absolute atomic E-state index is 12.8. The maximum Gasteiger partial charge on any atom is 0.339 e. The van der Waals surface area contributed by atoms with Crippen LogP contribution in [0.5, 0.6) is 5.75 Å². The van der Waals surface area contributed by atoms with Gasteiger partial charge in [-0.15, -0.1) is 0 Å². The summed E-state index contributed by atoms with van der Waals surface area (Å²) in [6, 6.07) is 1.38. The Morgan fingerprint density at radius 1 is 1.00 bits per heavy atom. The van der Waals surface area contributed by atoms with E-state index in [1.54, 1.807) is 0 Å². The normalized spacial score (nSPS) is 34.4. The van der Waals surface area contributed by atoms with Crippen molar-refractivity contribution < 1.29 is 29.0 Å². The molecule has 6 nitrogen and oxygen atoms in total. The van der Waals surface area contributed by atoms with Crippen LogP contribution in [0.25, 0.3) is 0 Å². The lowest BCUT2D eigenvalue weighted by molar-refractivity contribution is -0.117. The summed E-state index contributed by atoms with van der Waals surface area (Å²) in [4.78, 5) is 37.4. The molecule has 5 atom stereocenters. The first-order chi connectivity index (χ1) is 15.7. The molecule has 2 fully saturated rings. The number of aromatic hydroxyl groups is 1. The number of allylic oxidation sites excluding steroid dienone is 2. The van der Waals surface area contributed by atoms with Crippen LogP contribution in [0.1, 0.15) is 84.2 Å². The van der Waals surface area contributed by atoms with Crippen LogP contribution in [0.3, 0.4) is 0 Å². The standard InChI is InChI=1S/C27H32O6/c1-26-9-7-15(28)11-14(26)5-6-16-19(26)8-10-27(2)20(16)12-17-22(25(31)33-4)18(24(30)32-3)13-21(29)23(17)27/h11,13,16,19-20,29H,5-10,12H2,1-4H3/t16-,19-,20-,26+,27-/m0/s1. The monoisotopic (exact) mass is 452 g/mol. The highest BCUT2D eigenvalue weighted by molar-refractivity contribution is 6.05. The molecule has 0 saturated heterocycles. The van der Waals surface area contributed by atoms with E-state index in [1.165, 1.54) is 25.9 Å². The minimum absolute atomic E-state index is 0.0390. The van der Waals surface area contributed by atoms with Crippen LogP contribution in [0.4, 0.5) is 0 Å². The molecule has 5 rings (SSSR count). The summed E-state index contributed by atoms with van der Waals surface area (Å²) in [5.41, 5.74) is 2.90. The van der Waals surface area contributed by atoms with Gasteiger partial charge >= 0.3 is 11.9 Å². The Kier molecular flexibility index (Phi) is 5.00. The lowest BCUT2D eigenvalue weighted by atomic mass is 9.47. The van der Waals surface area contributed by atoms with Gasteiger partial charge in [0, 0.05) is 12.0 Å². The Balaban J connectivity index is 1.62. The number of rotatable bonds is 2. The zero-order valence-electron chi connectivity index (χ0n) is 19.8. The van der Waals surface area contributed by atoms with E-state index >= 15 is 0 Å². The van der Waals surface area contributed by atoms with Gasteiger partial charge in [0.1, 0.15) is 5.75 Å². The second-order valence-electron chi connectivity index (χ2n) is 10.8. The van der Waals surface area contributed by atoms with Crippen molar-refractivity contribution in [2.75, 3.05) is 14.2 Å². The van der Waals surface area contributed by atoms with Crippen LogP contribution in [0.15, 0.2) is 17.7 Å². The summed E-state index contributed by atoms with van der Waals surface area (Å²) in [5.74, 6) is 0.240. The first-order valence-electron chi connectivity index (χ1n) is 12.0. The molecule has 0 unspecified atom stereocenters. The van der Waals surface area contributed by atoms with Gasteiger partial charge < -0.3 is 14.6 Å². The first kappa shape index (κ1) is 22.2. The molecule has 0 heterocycles. The third kappa shape index (κ3) is 2.95. The van der Waals surface area contributed by atoms with Crippen molar-refractivity contribution in [1.82, 2.24) is 0 Å². The zero-order chi connectivity index (χ0) is 23.7. The third-order valence-electron chi connectivity index (χ3n) is 9.55. The molecule has 33 heavy (non-hydrogen) atoms. The number of methoxy groups -OCH3 is 2. The van der Waals surface area contributed by atoms with Crippen LogP contribution in [-0.2, 0) is 26.1 Å². The van der Waals surface area contributed by atoms with E-state index in [1.807, 2.05) is 6.08 Å². The number of phenols is 1. The van der Waals surface area contributed by atoms with Gasteiger partial charge in [0.25, 0.3) is 0 Å². The van der Waals surface area contributed by atoms with Gasteiger partial charge in [0.05, 0.1) is 25.3 Å². The molecule has 176 valence electrons. The molecule has 0 amide bonds. The van der Waals surface area contributed by atoms with Crippen molar-refractivity contribution in [3.8, 4) is 5.75 Å². The van der Waals surface area contributed by atoms with Crippen molar-refractivity contribution in [2.45, 2.75) is 64.2 Å². The highest BCUT2D eigenvalue weighted by atomic mass is 16.5. The van der Waals surface area contributed by atoms with E-state index in [0.717, 1.165) is 43.2 Å². The van der Waals surface area contributed by atoms with E-state index in [2.05, 4.69) is 13.8 Å². The molecule has 1 aromatic rings. The number of hydrogen-bond acceptors (Lipinski definition) is 6. The average Bonchev–Trinajstić information content (AvgIpc) is 3.12. The molecule has 0 aliphatic heterocycles. The Bertz CT molecular complexity index is 1100. The van der Waals surface area contributed by atoms with Crippen LogP contribution < -0.4 is 0 Å². The number of hydrogen-bond donors (Lipinski definition) is 1. The summed E-state index contributed by atoms with van der Waals surface area (Å²) in [6.45, 7) is 4.54. The Hall–Kier alpha value is -2.63. The molecule has 4 aliphatic rings. The van der Waals surface area contributed by atoms with Crippen LogP contribution in [-0.4, -0.2) is 37.0 Å². The summed E-state index contributed by atoms with van der Waals surface area (Å²) in [6.07, 6.45) is 7.90. The number of ketones is 1. The molecule has 1 aromatic carbocycles. The van der Waals surface area contributed by atoms with Crippen molar-refractivity contribution in [2.24, 2.45) is 23.2 Å². The molecule has 0 bridgehead atoms. The van der Waals surface area contributed by atoms with Gasteiger partial charge in [-0.2, -0.15) is 0 Å². The molecule has 0 spiro atoms. The maximum atomic E-state index is 12.8. The predicted octanol–water partition coefficient (Wildman–Crippen LogP) is 4.51. The summed E-state index contributed by atoms with van der Waals surface area (Å²) >= 11 is 0. The van der Waals surface area contributed by atoms with Crippen LogP contribution in [0, 0.1) is 23.2 Å². The number of ether oxygens (including phenoxy) is 2. The predicted molar refractivity (Wildman–Crippen MR) is 121 cm³/mol. The third-order valence-corrected chi connectivity index (χ3v) is 9.55. The fourth-order valence-electron chi connectivity index (χ4n) is 7.96. The van der Waals surface area contributed by atoms with E-state index in [4.69, 9.17) is 9.47 Å². The number of carbonyl (C=O) groups is 3. The average molecular weight is 453 g/mol. The topological polar surface area (TPSA) is 89.9 Å². The van der Waals surface area contributed by atoms with Crippen molar-refractivity contribution in [3.05, 3.63) is 40.0 Å². The molecular weight excluding hydrogens is 420 g/mol. The Labute approximate surface area is 194 Å². The number of carbonyl (C=O) groups excluding carboxylic acids is 3. The highest BCUT2D eigenvalue weighted by Gasteiger charge is 2.59. The fraction of sp³-hybridized carbons (Fsp3) is 0.593. The van der Waals surface area contributed by atoms with E-state index in [9.17, 15) is 19.5 Å². The summed E-state index contributed by atoms with van der Waals surface area (Å²) in [7, 11) is 2.57. The summed E-state index contributed by atoms with van der Waals surface area (Å²) < 4.78 is 9.96. The highest BCUT2D eigenvalue weighted by Crippen LogP contribution is 2.65. The molecule has 6 heteroatoms. The zero-order valence-corrected chi connectivity index (χ0v) is 19.8. The number of esters is 2. The van der Waals surface area contributed by atoms with Crippen molar-refractivity contribution in [1.29, 1.82) is 0 Å². The molecule has 1 N–H and O–H groups in total. The second kappa shape index (κ2) is 7.44. The SMILES string of the molecule is COC(=O)c1cc(O)c2c(c1C(=O)OC)C[C@H]1[C@H]3CCC4=CC(=O)CC[C@@]4(C)[C@H]3CC[C@]21C. The van der Waals surface area contributed by atoms with Gasteiger partial charge in [0.2, 0.25) is 0 Å². The van der Waals surface area contributed by atoms with E-state index < -0.39 is 11.9 Å². The molecule has 0 aromatic heterocycles.